The molecule has 1 fully saturated rings. The number of hydrogen-bond donors (Lipinski definition) is 2. The Morgan fingerprint density at radius 3 is 2.72 bits per heavy atom. The average Bonchev–Trinajstić information content (AvgIpc) is 2.85. The van der Waals surface area contributed by atoms with Crippen molar-refractivity contribution < 1.29 is 9.53 Å². The van der Waals surface area contributed by atoms with Crippen LogP contribution in [0.2, 0.25) is 5.15 Å². The summed E-state index contributed by atoms with van der Waals surface area (Å²) in [6.45, 7) is 0. The van der Waals surface area contributed by atoms with Crippen LogP contribution in [-0.4, -0.2) is 29.1 Å². The highest BCUT2D eigenvalue weighted by Gasteiger charge is 2.20. The van der Waals surface area contributed by atoms with E-state index in [0.29, 0.717) is 11.9 Å². The van der Waals surface area contributed by atoms with Crippen LogP contribution in [-0.2, 0) is 4.74 Å². The van der Waals surface area contributed by atoms with Crippen LogP contribution >= 0.6 is 11.6 Å². The van der Waals surface area contributed by atoms with Crippen LogP contribution in [0.3, 0.4) is 0 Å². The summed E-state index contributed by atoms with van der Waals surface area (Å²) in [5.41, 5.74) is 5.61. The lowest BCUT2D eigenvalue weighted by molar-refractivity contribution is 0.0595. The molecular weight excluding hydrogens is 256 g/mol. The van der Waals surface area contributed by atoms with Crippen molar-refractivity contribution in [2.75, 3.05) is 18.2 Å². The third-order valence-electron chi connectivity index (χ3n) is 2.96. The van der Waals surface area contributed by atoms with Crippen LogP contribution < -0.4 is 11.1 Å². The number of carbonyl (C=O) groups is 1. The molecule has 7 heteroatoms. The fraction of sp³-hybridized carbons (Fsp3) is 0.545. The molecule has 6 nitrogen and oxygen atoms in total. The number of nitrogen functional groups attached to an aromatic ring is 1. The molecule has 0 saturated heterocycles. The highest BCUT2D eigenvalue weighted by molar-refractivity contribution is 6.32. The number of anilines is 2. The summed E-state index contributed by atoms with van der Waals surface area (Å²) in [5, 5.41) is 3.33. The zero-order valence-corrected chi connectivity index (χ0v) is 10.8. The zero-order valence-electron chi connectivity index (χ0n) is 10.1. The van der Waals surface area contributed by atoms with Crippen LogP contribution in [0, 0.1) is 0 Å². The van der Waals surface area contributed by atoms with Crippen LogP contribution in [0.25, 0.3) is 0 Å². The smallest absolute Gasteiger partial charge is 0.360 e. The molecule has 18 heavy (non-hydrogen) atoms. The van der Waals surface area contributed by atoms with E-state index in [1.807, 2.05) is 0 Å². The van der Waals surface area contributed by atoms with E-state index < -0.39 is 5.97 Å². The first-order chi connectivity index (χ1) is 8.61. The minimum absolute atomic E-state index is 0.0201. The maximum atomic E-state index is 11.4. The maximum absolute atomic E-state index is 11.4. The molecule has 3 N–H and O–H groups in total. The van der Waals surface area contributed by atoms with Gasteiger partial charge >= 0.3 is 5.97 Å². The van der Waals surface area contributed by atoms with Crippen molar-refractivity contribution in [2.45, 2.75) is 31.7 Å². The maximum Gasteiger partial charge on any atom is 0.360 e. The first-order valence-corrected chi connectivity index (χ1v) is 6.17. The SMILES string of the molecule is COC(=O)c1nc(Cl)c(NC2CCCC2)nc1N. The number of carbonyl (C=O) groups excluding carboxylic acids is 1. The van der Waals surface area contributed by atoms with Gasteiger partial charge in [-0.2, -0.15) is 0 Å². The first kappa shape index (κ1) is 12.9. The second kappa shape index (κ2) is 5.39. The Balaban J connectivity index is 2.22. The molecule has 0 amide bonds. The number of nitrogens with zero attached hydrogens (tertiary/aromatic N) is 2. The lowest BCUT2D eigenvalue weighted by Crippen LogP contribution is -2.18. The summed E-state index contributed by atoms with van der Waals surface area (Å²) in [4.78, 5) is 19.4. The van der Waals surface area contributed by atoms with E-state index in [2.05, 4.69) is 20.0 Å². The van der Waals surface area contributed by atoms with Crippen molar-refractivity contribution in [1.82, 2.24) is 9.97 Å². The number of methoxy groups -OCH3 is 1. The summed E-state index contributed by atoms with van der Waals surface area (Å²) < 4.78 is 4.54. The number of esters is 1. The second-order valence-electron chi connectivity index (χ2n) is 4.21. The third-order valence-corrected chi connectivity index (χ3v) is 3.22. The standard InChI is InChI=1S/C11H15ClN4O2/c1-18-11(17)7-9(13)16-10(8(12)15-7)14-6-4-2-3-5-6/h6H,2-5H2,1H3,(H3,13,14,16). The molecule has 0 aliphatic heterocycles. The van der Waals surface area contributed by atoms with Gasteiger partial charge in [-0.3, -0.25) is 0 Å². The molecule has 0 atom stereocenters. The normalized spacial score (nSPS) is 15.7. The van der Waals surface area contributed by atoms with Crippen LogP contribution in [0.5, 0.6) is 0 Å². The molecule has 1 aliphatic rings. The number of aromatic nitrogens is 2. The van der Waals surface area contributed by atoms with Gasteiger partial charge in [0.25, 0.3) is 0 Å². The van der Waals surface area contributed by atoms with E-state index in [1.165, 1.54) is 20.0 Å². The quantitative estimate of drug-likeness (QED) is 0.815. The van der Waals surface area contributed by atoms with E-state index in [-0.39, 0.29) is 16.7 Å². The molecule has 1 heterocycles. The van der Waals surface area contributed by atoms with Crippen LogP contribution in [0.15, 0.2) is 0 Å². The zero-order chi connectivity index (χ0) is 13.1. The van der Waals surface area contributed by atoms with Crippen molar-refractivity contribution in [3.8, 4) is 0 Å². The van der Waals surface area contributed by atoms with Crippen LogP contribution in [0.1, 0.15) is 36.2 Å². The van der Waals surface area contributed by atoms with Gasteiger partial charge in [-0.05, 0) is 12.8 Å². The minimum Gasteiger partial charge on any atom is -0.464 e. The molecule has 0 unspecified atom stereocenters. The topological polar surface area (TPSA) is 90.1 Å². The molecular formula is C11H15ClN4O2. The number of nitrogens with one attached hydrogen (secondary N) is 1. The van der Waals surface area contributed by atoms with Gasteiger partial charge in [-0.25, -0.2) is 14.8 Å². The Kier molecular flexibility index (Phi) is 3.86. The summed E-state index contributed by atoms with van der Waals surface area (Å²) in [6, 6.07) is 0.347. The van der Waals surface area contributed by atoms with Gasteiger partial charge in [-0.15, -0.1) is 0 Å². The van der Waals surface area contributed by atoms with Gasteiger partial charge in [0.2, 0.25) is 0 Å². The molecule has 1 aromatic heterocycles. The molecule has 1 aliphatic carbocycles. The van der Waals surface area contributed by atoms with E-state index in [4.69, 9.17) is 17.3 Å². The number of rotatable bonds is 3. The van der Waals surface area contributed by atoms with Crippen molar-refractivity contribution in [1.29, 1.82) is 0 Å². The Bertz CT molecular complexity index is 461. The average molecular weight is 271 g/mol. The molecule has 0 aromatic carbocycles. The Hall–Kier alpha value is -1.56. The third kappa shape index (κ3) is 2.64. The molecule has 0 bridgehead atoms. The Morgan fingerprint density at radius 1 is 1.44 bits per heavy atom. The van der Waals surface area contributed by atoms with E-state index in [0.717, 1.165) is 12.8 Å². The second-order valence-corrected chi connectivity index (χ2v) is 4.57. The number of nitrogens with two attached hydrogens (primary N) is 1. The minimum atomic E-state index is -0.644. The predicted octanol–water partition coefficient (Wildman–Crippen LogP) is 1.85. The van der Waals surface area contributed by atoms with Gasteiger partial charge in [0.15, 0.2) is 22.5 Å². The molecule has 1 saturated carbocycles. The lowest BCUT2D eigenvalue weighted by atomic mass is 10.2. The van der Waals surface area contributed by atoms with Gasteiger partial charge in [0.05, 0.1) is 7.11 Å². The number of ether oxygens (including phenoxy) is 1. The summed E-state index contributed by atoms with van der Waals surface area (Å²) >= 11 is 5.98. The van der Waals surface area contributed by atoms with E-state index in [1.54, 1.807) is 0 Å². The van der Waals surface area contributed by atoms with Crippen molar-refractivity contribution >= 4 is 29.2 Å². The van der Waals surface area contributed by atoms with Gasteiger partial charge in [-0.1, -0.05) is 24.4 Å². The van der Waals surface area contributed by atoms with Crippen molar-refractivity contribution in [3.63, 3.8) is 0 Å². The van der Waals surface area contributed by atoms with Crippen LogP contribution in [0.4, 0.5) is 11.6 Å². The van der Waals surface area contributed by atoms with Crippen molar-refractivity contribution in [2.24, 2.45) is 0 Å². The Morgan fingerprint density at radius 2 is 2.11 bits per heavy atom. The predicted molar refractivity (Wildman–Crippen MR) is 68.7 cm³/mol. The highest BCUT2D eigenvalue weighted by Crippen LogP contribution is 2.26. The molecule has 2 rings (SSSR count). The summed E-state index contributed by atoms with van der Waals surface area (Å²) in [6.07, 6.45) is 4.55. The van der Waals surface area contributed by atoms with Gasteiger partial charge in [0, 0.05) is 6.04 Å². The summed E-state index contributed by atoms with van der Waals surface area (Å²) in [5.74, 6) is -0.199. The summed E-state index contributed by atoms with van der Waals surface area (Å²) in [7, 11) is 1.25. The lowest BCUT2D eigenvalue weighted by Gasteiger charge is -2.14. The van der Waals surface area contributed by atoms with Crippen molar-refractivity contribution in [3.05, 3.63) is 10.8 Å². The number of halogens is 1. The molecule has 98 valence electrons. The fourth-order valence-corrected chi connectivity index (χ4v) is 2.21. The van der Waals surface area contributed by atoms with Gasteiger partial charge in [0.1, 0.15) is 0 Å². The van der Waals surface area contributed by atoms with E-state index >= 15 is 0 Å². The molecule has 1 aromatic rings. The first-order valence-electron chi connectivity index (χ1n) is 5.79. The van der Waals surface area contributed by atoms with E-state index in [9.17, 15) is 4.79 Å². The Labute approximate surface area is 110 Å². The molecule has 0 spiro atoms. The van der Waals surface area contributed by atoms with Gasteiger partial charge < -0.3 is 15.8 Å². The largest absolute Gasteiger partial charge is 0.464 e. The fourth-order valence-electron chi connectivity index (χ4n) is 2.03. The molecule has 0 radical (unpaired) electrons. The highest BCUT2D eigenvalue weighted by atomic mass is 35.5. The number of hydrogen-bond acceptors (Lipinski definition) is 6. The monoisotopic (exact) mass is 270 g/mol.